The Morgan fingerprint density at radius 3 is 2.90 bits per heavy atom. The molecule has 21 heavy (non-hydrogen) atoms. The number of ether oxygens (including phenoxy) is 1. The van der Waals surface area contributed by atoms with E-state index in [0.717, 1.165) is 25.2 Å². The summed E-state index contributed by atoms with van der Waals surface area (Å²) < 4.78 is 5.45. The fourth-order valence-electron chi connectivity index (χ4n) is 3.20. The average Bonchev–Trinajstić information content (AvgIpc) is 2.90. The maximum absolute atomic E-state index is 10.3. The first-order valence-corrected chi connectivity index (χ1v) is 8.02. The van der Waals surface area contributed by atoms with Crippen molar-refractivity contribution in [1.82, 2.24) is 9.80 Å². The van der Waals surface area contributed by atoms with Crippen LogP contribution in [0.3, 0.4) is 0 Å². The van der Waals surface area contributed by atoms with Gasteiger partial charge in [-0.2, -0.15) is 0 Å². The van der Waals surface area contributed by atoms with Gasteiger partial charge in [0.15, 0.2) is 11.5 Å². The Kier molecular flexibility index (Phi) is 5.88. The molecule has 1 aliphatic heterocycles. The zero-order valence-electron chi connectivity index (χ0n) is 13.5. The number of phenolic OH excluding ortho intramolecular Hbond substituents is 1. The normalized spacial score (nSPS) is 19.3. The van der Waals surface area contributed by atoms with Gasteiger partial charge in [0.2, 0.25) is 0 Å². The summed E-state index contributed by atoms with van der Waals surface area (Å²) in [5, 5.41) is 10.3. The number of hydrogen-bond donors (Lipinski definition) is 1. The smallest absolute Gasteiger partial charge is 0.162 e. The maximum Gasteiger partial charge on any atom is 0.162 e. The summed E-state index contributed by atoms with van der Waals surface area (Å²) in [5.41, 5.74) is 0.935. The van der Waals surface area contributed by atoms with E-state index in [0.29, 0.717) is 18.4 Å². The Balaban J connectivity index is 1.96. The number of para-hydroxylation sites is 1. The lowest BCUT2D eigenvalue weighted by molar-refractivity contribution is 0.193. The van der Waals surface area contributed by atoms with Crippen LogP contribution < -0.4 is 4.74 Å². The Bertz CT molecular complexity index is 450. The van der Waals surface area contributed by atoms with E-state index in [1.165, 1.54) is 19.4 Å². The summed E-state index contributed by atoms with van der Waals surface area (Å²) in [4.78, 5) is 4.84. The SMILES string of the molecule is CCOc1cccc(CN(C)CC2CCCN2CC)c1O. The third-order valence-corrected chi connectivity index (χ3v) is 4.25. The number of phenols is 1. The molecule has 1 N–H and O–H groups in total. The highest BCUT2D eigenvalue weighted by atomic mass is 16.5. The van der Waals surface area contributed by atoms with Gasteiger partial charge in [0.25, 0.3) is 0 Å². The standard InChI is InChI=1S/C17H28N2O2/c1-4-19-11-7-9-15(19)13-18(3)12-14-8-6-10-16(17(14)20)21-5-2/h6,8,10,15,20H,4-5,7,9,11-13H2,1-3H3. The number of hydrogen-bond acceptors (Lipinski definition) is 4. The van der Waals surface area contributed by atoms with Crippen molar-refractivity contribution in [1.29, 1.82) is 0 Å². The second-order valence-corrected chi connectivity index (χ2v) is 5.82. The van der Waals surface area contributed by atoms with E-state index in [1.54, 1.807) is 0 Å². The van der Waals surface area contributed by atoms with Gasteiger partial charge in [-0.15, -0.1) is 0 Å². The summed E-state index contributed by atoms with van der Waals surface area (Å²) in [7, 11) is 2.12. The molecule has 0 spiro atoms. The number of nitrogens with zero attached hydrogens (tertiary/aromatic N) is 2. The zero-order chi connectivity index (χ0) is 15.2. The van der Waals surface area contributed by atoms with E-state index in [1.807, 2.05) is 25.1 Å². The summed E-state index contributed by atoms with van der Waals surface area (Å²) >= 11 is 0. The van der Waals surface area contributed by atoms with Crippen molar-refractivity contribution >= 4 is 0 Å². The summed E-state index contributed by atoms with van der Waals surface area (Å²) in [6.45, 7) is 8.88. The molecule has 1 unspecified atom stereocenters. The summed E-state index contributed by atoms with van der Waals surface area (Å²) in [5.74, 6) is 0.865. The van der Waals surface area contributed by atoms with Gasteiger partial charge in [0.1, 0.15) is 0 Å². The molecule has 4 heteroatoms. The molecule has 0 aliphatic carbocycles. The van der Waals surface area contributed by atoms with E-state index in [9.17, 15) is 5.11 Å². The Morgan fingerprint density at radius 1 is 1.38 bits per heavy atom. The van der Waals surface area contributed by atoms with Gasteiger partial charge in [0, 0.05) is 24.7 Å². The topological polar surface area (TPSA) is 35.9 Å². The second-order valence-electron chi connectivity index (χ2n) is 5.82. The molecule has 4 nitrogen and oxygen atoms in total. The molecular formula is C17H28N2O2. The van der Waals surface area contributed by atoms with Crippen molar-refractivity contribution in [2.24, 2.45) is 0 Å². The van der Waals surface area contributed by atoms with Crippen molar-refractivity contribution in [2.45, 2.75) is 39.3 Å². The van der Waals surface area contributed by atoms with Crippen LogP contribution in [0, 0.1) is 0 Å². The average molecular weight is 292 g/mol. The minimum Gasteiger partial charge on any atom is -0.504 e. The zero-order valence-corrected chi connectivity index (χ0v) is 13.5. The van der Waals surface area contributed by atoms with E-state index >= 15 is 0 Å². The molecule has 2 rings (SSSR count). The Labute approximate surface area is 128 Å². The lowest BCUT2D eigenvalue weighted by Gasteiger charge is -2.28. The van der Waals surface area contributed by atoms with Crippen LogP contribution in [0.4, 0.5) is 0 Å². The Morgan fingerprint density at radius 2 is 2.19 bits per heavy atom. The van der Waals surface area contributed by atoms with Crippen LogP contribution in [0.1, 0.15) is 32.3 Å². The maximum atomic E-state index is 10.3. The molecule has 1 atom stereocenters. The molecule has 0 saturated carbocycles. The van der Waals surface area contributed by atoms with Crippen molar-refractivity contribution in [3.8, 4) is 11.5 Å². The molecule has 1 aliphatic rings. The van der Waals surface area contributed by atoms with Gasteiger partial charge in [-0.1, -0.05) is 19.1 Å². The first-order chi connectivity index (χ1) is 10.2. The molecule has 1 aromatic carbocycles. The monoisotopic (exact) mass is 292 g/mol. The molecule has 0 aromatic heterocycles. The molecular weight excluding hydrogens is 264 g/mol. The predicted octanol–water partition coefficient (Wildman–Crippen LogP) is 2.71. The highest BCUT2D eigenvalue weighted by Crippen LogP contribution is 2.30. The van der Waals surface area contributed by atoms with E-state index in [-0.39, 0.29) is 5.75 Å². The predicted molar refractivity (Wildman–Crippen MR) is 85.9 cm³/mol. The minimum absolute atomic E-state index is 0.282. The molecule has 0 radical (unpaired) electrons. The number of aromatic hydroxyl groups is 1. The van der Waals surface area contributed by atoms with Crippen LogP contribution in [0.25, 0.3) is 0 Å². The lowest BCUT2D eigenvalue weighted by Crippen LogP contribution is -2.38. The number of likely N-dealkylation sites (N-methyl/N-ethyl adjacent to an activating group) is 2. The van der Waals surface area contributed by atoms with Crippen molar-refractivity contribution in [2.75, 3.05) is 33.3 Å². The van der Waals surface area contributed by atoms with Crippen LogP contribution in [0.5, 0.6) is 11.5 Å². The van der Waals surface area contributed by atoms with Gasteiger partial charge >= 0.3 is 0 Å². The largest absolute Gasteiger partial charge is 0.504 e. The van der Waals surface area contributed by atoms with Crippen LogP contribution in [0.15, 0.2) is 18.2 Å². The van der Waals surface area contributed by atoms with Gasteiger partial charge in [-0.05, 0) is 46.0 Å². The number of benzene rings is 1. The molecule has 118 valence electrons. The molecule has 0 bridgehead atoms. The number of rotatable bonds is 7. The van der Waals surface area contributed by atoms with Gasteiger partial charge in [-0.3, -0.25) is 4.90 Å². The molecule has 1 heterocycles. The fourth-order valence-corrected chi connectivity index (χ4v) is 3.20. The highest BCUT2D eigenvalue weighted by molar-refractivity contribution is 5.45. The van der Waals surface area contributed by atoms with E-state index in [2.05, 4.69) is 23.8 Å². The van der Waals surface area contributed by atoms with Crippen LogP contribution in [0.2, 0.25) is 0 Å². The minimum atomic E-state index is 0.282. The third-order valence-electron chi connectivity index (χ3n) is 4.25. The Hall–Kier alpha value is -1.26. The molecule has 1 aromatic rings. The fraction of sp³-hybridized carbons (Fsp3) is 0.647. The molecule has 1 fully saturated rings. The van der Waals surface area contributed by atoms with E-state index in [4.69, 9.17) is 4.74 Å². The molecule has 1 saturated heterocycles. The van der Waals surface area contributed by atoms with Crippen molar-refractivity contribution < 1.29 is 9.84 Å². The quantitative estimate of drug-likeness (QED) is 0.838. The first-order valence-electron chi connectivity index (χ1n) is 8.02. The van der Waals surface area contributed by atoms with Crippen molar-refractivity contribution in [3.05, 3.63) is 23.8 Å². The number of likely N-dealkylation sites (tertiary alicyclic amines) is 1. The van der Waals surface area contributed by atoms with Gasteiger partial charge in [-0.25, -0.2) is 0 Å². The third kappa shape index (κ3) is 4.11. The summed E-state index contributed by atoms with van der Waals surface area (Å²) in [6, 6.07) is 6.39. The lowest BCUT2D eigenvalue weighted by atomic mass is 10.1. The van der Waals surface area contributed by atoms with Gasteiger partial charge in [0.05, 0.1) is 6.61 Å². The van der Waals surface area contributed by atoms with Gasteiger partial charge < -0.3 is 14.7 Å². The highest BCUT2D eigenvalue weighted by Gasteiger charge is 2.24. The van der Waals surface area contributed by atoms with Crippen molar-refractivity contribution in [3.63, 3.8) is 0 Å². The van der Waals surface area contributed by atoms with E-state index < -0.39 is 0 Å². The first kappa shape index (κ1) is 16.1. The second kappa shape index (κ2) is 7.66. The van der Waals surface area contributed by atoms with Crippen LogP contribution >= 0.6 is 0 Å². The summed E-state index contributed by atoms with van der Waals surface area (Å²) in [6.07, 6.45) is 2.58. The van der Waals surface area contributed by atoms with Crippen LogP contribution in [-0.2, 0) is 6.54 Å². The van der Waals surface area contributed by atoms with Crippen LogP contribution in [-0.4, -0.2) is 54.2 Å². The molecule has 0 amide bonds.